The first-order valence-corrected chi connectivity index (χ1v) is 8.96. The highest BCUT2D eigenvalue weighted by atomic mass is 19.1. The van der Waals surface area contributed by atoms with Gasteiger partial charge in [0.15, 0.2) is 11.6 Å². The number of nitrogens with one attached hydrogen (secondary N) is 1. The van der Waals surface area contributed by atoms with Gasteiger partial charge in [0.2, 0.25) is 0 Å². The molecule has 0 aliphatic rings. The Morgan fingerprint density at radius 2 is 2.07 bits per heavy atom. The number of aryl methyl sites for hydroxylation is 1. The first-order valence-electron chi connectivity index (χ1n) is 8.96. The largest absolute Gasteiger partial charge is 0.488 e. The van der Waals surface area contributed by atoms with Gasteiger partial charge in [-0.2, -0.15) is 0 Å². The van der Waals surface area contributed by atoms with E-state index < -0.39 is 18.0 Å². The van der Waals surface area contributed by atoms with Crippen LogP contribution in [0, 0.1) is 11.7 Å². The van der Waals surface area contributed by atoms with Gasteiger partial charge in [-0.15, -0.1) is 0 Å². The van der Waals surface area contributed by atoms with Crippen LogP contribution in [-0.4, -0.2) is 33.4 Å². The summed E-state index contributed by atoms with van der Waals surface area (Å²) in [5, 5.41) is 13.0. The van der Waals surface area contributed by atoms with Crippen LogP contribution in [0.2, 0.25) is 0 Å². The molecule has 0 spiro atoms. The zero-order valence-electron chi connectivity index (χ0n) is 15.9. The Labute approximate surface area is 160 Å². The van der Waals surface area contributed by atoms with Crippen molar-refractivity contribution in [3.05, 3.63) is 46.8 Å². The lowest BCUT2D eigenvalue weighted by Gasteiger charge is -2.20. The van der Waals surface area contributed by atoms with Crippen LogP contribution in [0.4, 0.5) is 9.18 Å². The van der Waals surface area contributed by atoms with E-state index in [0.29, 0.717) is 28.1 Å². The second-order valence-corrected chi connectivity index (χ2v) is 7.17. The lowest BCUT2D eigenvalue weighted by Crippen LogP contribution is -2.39. The molecule has 3 rings (SSSR count). The van der Waals surface area contributed by atoms with Crippen molar-refractivity contribution in [3.8, 4) is 5.75 Å². The van der Waals surface area contributed by atoms with Crippen LogP contribution in [-0.2, 0) is 7.05 Å². The highest BCUT2D eigenvalue weighted by Gasteiger charge is 2.17. The Bertz CT molecular complexity index is 1090. The van der Waals surface area contributed by atoms with E-state index in [4.69, 9.17) is 9.84 Å². The number of amides is 1. The third-order valence-electron chi connectivity index (χ3n) is 4.58. The minimum Gasteiger partial charge on any atom is -0.488 e. The Balaban J connectivity index is 1.99. The lowest BCUT2D eigenvalue weighted by molar-refractivity contribution is 0.175. The second-order valence-electron chi connectivity index (χ2n) is 7.17. The smallest absolute Gasteiger partial charge is 0.404 e. The number of carboxylic acid groups (broad SMARTS) is 1. The minimum absolute atomic E-state index is 0.0155. The van der Waals surface area contributed by atoms with Gasteiger partial charge in [-0.05, 0) is 29.9 Å². The number of benzene rings is 1. The number of ether oxygens (including phenoxy) is 1. The van der Waals surface area contributed by atoms with E-state index in [1.54, 1.807) is 19.3 Å². The SMILES string of the molecule is CC(C)CC(COc1cc2c(cc1F)c1ccncc1c(=O)n2C)NC(=O)O. The van der Waals surface area contributed by atoms with Crippen molar-refractivity contribution in [2.45, 2.75) is 26.3 Å². The van der Waals surface area contributed by atoms with Crippen LogP contribution in [0.1, 0.15) is 20.3 Å². The predicted octanol–water partition coefficient (Wildman–Crippen LogP) is 3.29. The summed E-state index contributed by atoms with van der Waals surface area (Å²) >= 11 is 0. The molecule has 0 saturated heterocycles. The third-order valence-corrected chi connectivity index (χ3v) is 4.58. The van der Waals surface area contributed by atoms with Gasteiger partial charge >= 0.3 is 6.09 Å². The number of halogens is 1. The highest BCUT2D eigenvalue weighted by molar-refractivity contribution is 6.05. The Hall–Kier alpha value is -3.16. The van der Waals surface area contributed by atoms with E-state index in [0.717, 1.165) is 0 Å². The molecule has 148 valence electrons. The molecular weight excluding hydrogens is 365 g/mol. The summed E-state index contributed by atoms with van der Waals surface area (Å²) in [7, 11) is 1.60. The van der Waals surface area contributed by atoms with Gasteiger partial charge in [-0.3, -0.25) is 9.78 Å². The molecule has 0 aliphatic carbocycles. The average molecular weight is 387 g/mol. The first kappa shape index (κ1) is 19.6. The number of hydrogen-bond acceptors (Lipinski definition) is 4. The fourth-order valence-electron chi connectivity index (χ4n) is 3.34. The van der Waals surface area contributed by atoms with Crippen molar-refractivity contribution in [1.82, 2.24) is 14.9 Å². The van der Waals surface area contributed by atoms with E-state index in [1.165, 1.54) is 22.9 Å². The first-order chi connectivity index (χ1) is 13.3. The minimum atomic E-state index is -1.16. The third kappa shape index (κ3) is 3.90. The Kier molecular flexibility index (Phi) is 5.48. The van der Waals surface area contributed by atoms with E-state index >= 15 is 0 Å². The maximum Gasteiger partial charge on any atom is 0.404 e. The molecule has 7 nitrogen and oxygen atoms in total. The Morgan fingerprint density at radius 1 is 1.32 bits per heavy atom. The van der Waals surface area contributed by atoms with Gasteiger partial charge in [-0.1, -0.05) is 13.8 Å². The summed E-state index contributed by atoms with van der Waals surface area (Å²) in [6, 6.07) is 4.00. The van der Waals surface area contributed by atoms with Crippen LogP contribution in [0.3, 0.4) is 0 Å². The maximum absolute atomic E-state index is 14.7. The molecular formula is C20H22FN3O4. The fourth-order valence-corrected chi connectivity index (χ4v) is 3.34. The van der Waals surface area contributed by atoms with Crippen LogP contribution in [0.25, 0.3) is 21.7 Å². The number of nitrogens with zero attached hydrogens (tertiary/aromatic N) is 2. The molecule has 2 N–H and O–H groups in total. The fraction of sp³-hybridized carbons (Fsp3) is 0.350. The molecule has 0 saturated carbocycles. The number of aromatic nitrogens is 2. The summed E-state index contributed by atoms with van der Waals surface area (Å²) in [6.07, 6.45) is 2.42. The number of pyridine rings is 2. The molecule has 1 amide bonds. The van der Waals surface area contributed by atoms with Crippen molar-refractivity contribution in [1.29, 1.82) is 0 Å². The second kappa shape index (κ2) is 7.84. The normalized spacial score (nSPS) is 12.5. The molecule has 8 heteroatoms. The van der Waals surface area contributed by atoms with Crippen LogP contribution in [0.15, 0.2) is 35.4 Å². The highest BCUT2D eigenvalue weighted by Crippen LogP contribution is 2.28. The van der Waals surface area contributed by atoms with E-state index in [9.17, 15) is 14.0 Å². The molecule has 1 aromatic carbocycles. The number of hydrogen-bond donors (Lipinski definition) is 2. The molecule has 0 radical (unpaired) electrons. The Morgan fingerprint density at radius 3 is 2.75 bits per heavy atom. The molecule has 3 aromatic rings. The topological polar surface area (TPSA) is 93.5 Å². The van der Waals surface area contributed by atoms with Gasteiger partial charge in [0.25, 0.3) is 5.56 Å². The van der Waals surface area contributed by atoms with Gasteiger partial charge in [0.1, 0.15) is 6.61 Å². The molecule has 28 heavy (non-hydrogen) atoms. The van der Waals surface area contributed by atoms with Crippen molar-refractivity contribution in [2.24, 2.45) is 13.0 Å². The van der Waals surface area contributed by atoms with Crippen molar-refractivity contribution < 1.29 is 19.0 Å². The van der Waals surface area contributed by atoms with E-state index in [-0.39, 0.29) is 23.8 Å². The van der Waals surface area contributed by atoms with Gasteiger partial charge < -0.3 is 19.7 Å². The van der Waals surface area contributed by atoms with Crippen molar-refractivity contribution in [3.63, 3.8) is 0 Å². The molecule has 1 atom stereocenters. The monoisotopic (exact) mass is 387 g/mol. The molecule has 2 heterocycles. The summed E-state index contributed by atoms with van der Waals surface area (Å²) < 4.78 is 21.7. The molecule has 1 unspecified atom stereocenters. The molecule has 0 bridgehead atoms. The lowest BCUT2D eigenvalue weighted by atomic mass is 10.0. The zero-order chi connectivity index (χ0) is 20.4. The van der Waals surface area contributed by atoms with Crippen LogP contribution < -0.4 is 15.6 Å². The predicted molar refractivity (Wildman–Crippen MR) is 104 cm³/mol. The number of carbonyl (C=O) groups is 1. The van der Waals surface area contributed by atoms with Crippen molar-refractivity contribution in [2.75, 3.05) is 6.61 Å². The number of fused-ring (bicyclic) bond motifs is 3. The van der Waals surface area contributed by atoms with Crippen LogP contribution >= 0.6 is 0 Å². The molecule has 0 fully saturated rings. The zero-order valence-corrected chi connectivity index (χ0v) is 15.9. The van der Waals surface area contributed by atoms with Gasteiger partial charge in [0.05, 0.1) is 16.9 Å². The van der Waals surface area contributed by atoms with Gasteiger partial charge in [0, 0.05) is 30.9 Å². The summed E-state index contributed by atoms with van der Waals surface area (Å²) in [5.41, 5.74) is 0.282. The summed E-state index contributed by atoms with van der Waals surface area (Å²) in [6.45, 7) is 3.91. The standard InChI is InChI=1S/C20H22FN3O4/c1-11(2)6-12(23-20(26)27)10-28-18-8-17-14(7-16(18)21)13-4-5-22-9-15(13)19(25)24(17)3/h4-5,7-9,11-12,23H,6,10H2,1-3H3,(H,26,27). The van der Waals surface area contributed by atoms with E-state index in [2.05, 4.69) is 10.3 Å². The average Bonchev–Trinajstić information content (AvgIpc) is 2.63. The molecule has 0 aliphatic heterocycles. The van der Waals surface area contributed by atoms with Crippen LogP contribution in [0.5, 0.6) is 5.75 Å². The molecule has 2 aromatic heterocycles. The van der Waals surface area contributed by atoms with Gasteiger partial charge in [-0.25, -0.2) is 9.18 Å². The van der Waals surface area contributed by atoms with Crippen molar-refractivity contribution >= 4 is 27.8 Å². The van der Waals surface area contributed by atoms with E-state index in [1.807, 2.05) is 13.8 Å². The summed E-state index contributed by atoms with van der Waals surface area (Å²) in [5.74, 6) is -0.373. The number of rotatable bonds is 6. The quantitative estimate of drug-likeness (QED) is 0.633. The maximum atomic E-state index is 14.7. The summed E-state index contributed by atoms with van der Waals surface area (Å²) in [4.78, 5) is 27.5.